The Labute approximate surface area is 102 Å². The minimum Gasteiger partial charge on any atom is -0.354 e. The van der Waals surface area contributed by atoms with E-state index in [0.717, 1.165) is 18.9 Å². The topological polar surface area (TPSA) is 70.3 Å². The highest BCUT2D eigenvalue weighted by atomic mass is 15.3. The zero-order chi connectivity index (χ0) is 12.3. The van der Waals surface area contributed by atoms with Crippen molar-refractivity contribution in [3.05, 3.63) is 12.4 Å². The number of hydrogen-bond donors (Lipinski definition) is 2. The lowest BCUT2D eigenvalue weighted by Crippen LogP contribution is -2.45. The number of hydrogen-bond acceptors (Lipinski definition) is 6. The van der Waals surface area contributed by atoms with Gasteiger partial charge in [0.1, 0.15) is 5.82 Å². The molecule has 0 bridgehead atoms. The normalized spacial score (nSPS) is 20.7. The molecule has 1 aromatic rings. The molecule has 1 aromatic heterocycles. The van der Waals surface area contributed by atoms with E-state index in [1.807, 2.05) is 0 Å². The zero-order valence-electron chi connectivity index (χ0n) is 10.4. The molecule has 0 amide bonds. The summed E-state index contributed by atoms with van der Waals surface area (Å²) in [7, 11) is 4.25. The first kappa shape index (κ1) is 12.1. The van der Waals surface area contributed by atoms with Crippen molar-refractivity contribution in [1.29, 1.82) is 0 Å². The van der Waals surface area contributed by atoms with Crippen LogP contribution in [-0.2, 0) is 0 Å². The number of hydrazine groups is 1. The minimum absolute atomic E-state index is 0.583. The van der Waals surface area contributed by atoms with E-state index in [1.165, 1.54) is 12.8 Å². The molecule has 17 heavy (non-hydrogen) atoms. The van der Waals surface area contributed by atoms with Gasteiger partial charge in [-0.15, -0.1) is 0 Å². The van der Waals surface area contributed by atoms with Gasteiger partial charge in [-0.3, -0.25) is 4.98 Å². The van der Waals surface area contributed by atoms with E-state index < -0.39 is 0 Å². The van der Waals surface area contributed by atoms with Gasteiger partial charge in [0, 0.05) is 19.1 Å². The fourth-order valence-electron chi connectivity index (χ4n) is 2.16. The number of piperidine rings is 1. The van der Waals surface area contributed by atoms with Crippen molar-refractivity contribution in [1.82, 2.24) is 14.9 Å². The highest BCUT2D eigenvalue weighted by molar-refractivity contribution is 5.43. The predicted molar refractivity (Wildman–Crippen MR) is 68.8 cm³/mol. The molecule has 6 nitrogen and oxygen atoms in total. The Kier molecular flexibility index (Phi) is 3.75. The molecular weight excluding hydrogens is 216 g/mol. The first-order valence-electron chi connectivity index (χ1n) is 5.90. The van der Waals surface area contributed by atoms with Gasteiger partial charge in [0.15, 0.2) is 5.82 Å². The van der Waals surface area contributed by atoms with E-state index >= 15 is 0 Å². The number of nitrogens with one attached hydrogen (secondary N) is 1. The predicted octanol–water partition coefficient (Wildman–Crippen LogP) is 0.293. The number of nitrogen functional groups attached to an aromatic ring is 1. The largest absolute Gasteiger partial charge is 0.354 e. The maximum atomic E-state index is 5.34. The van der Waals surface area contributed by atoms with Crippen LogP contribution < -0.4 is 16.2 Å². The first-order chi connectivity index (χ1) is 8.20. The zero-order valence-corrected chi connectivity index (χ0v) is 10.4. The maximum absolute atomic E-state index is 5.34. The summed E-state index contributed by atoms with van der Waals surface area (Å²) in [5.74, 6) is 6.85. The molecule has 2 heterocycles. The van der Waals surface area contributed by atoms with Crippen molar-refractivity contribution in [3.8, 4) is 0 Å². The quantitative estimate of drug-likeness (QED) is 0.581. The number of rotatable bonds is 3. The molecule has 2 rings (SSSR count). The van der Waals surface area contributed by atoms with E-state index in [-0.39, 0.29) is 0 Å². The smallest absolute Gasteiger partial charge is 0.160 e. The summed E-state index contributed by atoms with van der Waals surface area (Å²) in [6, 6.07) is 0.583. The molecule has 0 spiro atoms. The van der Waals surface area contributed by atoms with Crippen LogP contribution in [0.5, 0.6) is 0 Å². The number of nitrogens with two attached hydrogens (primary N) is 1. The summed E-state index contributed by atoms with van der Waals surface area (Å²) in [4.78, 5) is 13.1. The molecular formula is C11H20N6. The summed E-state index contributed by atoms with van der Waals surface area (Å²) in [6.07, 6.45) is 5.84. The number of anilines is 2. The van der Waals surface area contributed by atoms with E-state index in [1.54, 1.807) is 12.4 Å². The Bertz CT molecular complexity index is 367. The Morgan fingerprint density at radius 3 is 3.00 bits per heavy atom. The molecule has 1 atom stereocenters. The lowest BCUT2D eigenvalue weighted by molar-refractivity contribution is 0.257. The van der Waals surface area contributed by atoms with Crippen LogP contribution in [0.15, 0.2) is 12.4 Å². The lowest BCUT2D eigenvalue weighted by atomic mass is 10.1. The summed E-state index contributed by atoms with van der Waals surface area (Å²) < 4.78 is 0. The Morgan fingerprint density at radius 2 is 2.29 bits per heavy atom. The molecule has 6 heteroatoms. The lowest BCUT2D eigenvalue weighted by Gasteiger charge is -2.36. The van der Waals surface area contributed by atoms with Crippen molar-refractivity contribution < 1.29 is 0 Å². The first-order valence-corrected chi connectivity index (χ1v) is 5.90. The van der Waals surface area contributed by atoms with Gasteiger partial charge in [0.05, 0.1) is 12.4 Å². The van der Waals surface area contributed by atoms with E-state index in [9.17, 15) is 0 Å². The van der Waals surface area contributed by atoms with Crippen LogP contribution in [0.4, 0.5) is 11.6 Å². The van der Waals surface area contributed by atoms with E-state index in [4.69, 9.17) is 5.84 Å². The summed E-state index contributed by atoms with van der Waals surface area (Å²) in [5, 5.41) is 0. The molecule has 3 N–H and O–H groups in total. The molecule has 0 aliphatic carbocycles. The SMILES string of the molecule is CN(C)C1CCCN(c2cncc(NN)n2)C1. The van der Waals surface area contributed by atoms with Crippen molar-refractivity contribution in [2.45, 2.75) is 18.9 Å². The van der Waals surface area contributed by atoms with Crippen LogP contribution in [0.1, 0.15) is 12.8 Å². The molecule has 0 radical (unpaired) electrons. The van der Waals surface area contributed by atoms with Crippen LogP contribution >= 0.6 is 0 Å². The standard InChI is InChI=1S/C11H20N6/c1-16(2)9-4-3-5-17(8-9)11-7-13-6-10(14-11)15-12/h6-7,9H,3-5,8,12H2,1-2H3,(H,14,15). The van der Waals surface area contributed by atoms with Gasteiger partial charge in [-0.05, 0) is 26.9 Å². The van der Waals surface area contributed by atoms with Crippen molar-refractivity contribution >= 4 is 11.6 Å². The monoisotopic (exact) mass is 236 g/mol. The van der Waals surface area contributed by atoms with Crippen LogP contribution in [0.3, 0.4) is 0 Å². The van der Waals surface area contributed by atoms with Crippen LogP contribution in [0, 0.1) is 0 Å². The Balaban J connectivity index is 2.10. The van der Waals surface area contributed by atoms with Gasteiger partial charge < -0.3 is 15.2 Å². The molecule has 1 fully saturated rings. The second-order valence-electron chi connectivity index (χ2n) is 4.61. The summed E-state index contributed by atoms with van der Waals surface area (Å²) in [5.41, 5.74) is 2.53. The third-order valence-electron chi connectivity index (χ3n) is 3.22. The van der Waals surface area contributed by atoms with E-state index in [2.05, 4.69) is 39.3 Å². The van der Waals surface area contributed by atoms with Crippen molar-refractivity contribution in [3.63, 3.8) is 0 Å². The highest BCUT2D eigenvalue weighted by Crippen LogP contribution is 2.20. The summed E-state index contributed by atoms with van der Waals surface area (Å²) >= 11 is 0. The molecule has 0 aromatic carbocycles. The van der Waals surface area contributed by atoms with E-state index in [0.29, 0.717) is 11.9 Å². The molecule has 1 aliphatic heterocycles. The fourth-order valence-corrected chi connectivity index (χ4v) is 2.16. The van der Waals surface area contributed by atoms with Crippen molar-refractivity contribution in [2.24, 2.45) is 5.84 Å². The third kappa shape index (κ3) is 2.83. The molecule has 0 saturated carbocycles. The van der Waals surface area contributed by atoms with Gasteiger partial charge in [0.2, 0.25) is 0 Å². The highest BCUT2D eigenvalue weighted by Gasteiger charge is 2.22. The van der Waals surface area contributed by atoms with Crippen molar-refractivity contribution in [2.75, 3.05) is 37.5 Å². The third-order valence-corrected chi connectivity index (χ3v) is 3.22. The second kappa shape index (κ2) is 5.29. The van der Waals surface area contributed by atoms with Crippen LogP contribution in [0.25, 0.3) is 0 Å². The summed E-state index contributed by atoms with van der Waals surface area (Å²) in [6.45, 7) is 2.03. The average Bonchev–Trinajstić information content (AvgIpc) is 2.39. The minimum atomic E-state index is 0.583. The van der Waals surface area contributed by atoms with Gasteiger partial charge in [0.25, 0.3) is 0 Å². The van der Waals surface area contributed by atoms with Crippen LogP contribution in [0.2, 0.25) is 0 Å². The number of nitrogens with zero attached hydrogens (tertiary/aromatic N) is 4. The fraction of sp³-hybridized carbons (Fsp3) is 0.636. The molecule has 1 aliphatic rings. The van der Waals surface area contributed by atoms with Gasteiger partial charge in [-0.1, -0.05) is 0 Å². The Hall–Kier alpha value is -1.40. The molecule has 1 saturated heterocycles. The second-order valence-corrected chi connectivity index (χ2v) is 4.61. The van der Waals surface area contributed by atoms with Gasteiger partial charge in [-0.2, -0.15) is 0 Å². The van der Waals surface area contributed by atoms with Crippen LogP contribution in [-0.4, -0.2) is 48.1 Å². The average molecular weight is 236 g/mol. The maximum Gasteiger partial charge on any atom is 0.160 e. The Morgan fingerprint density at radius 1 is 1.47 bits per heavy atom. The van der Waals surface area contributed by atoms with Gasteiger partial charge in [-0.25, -0.2) is 10.8 Å². The molecule has 1 unspecified atom stereocenters. The van der Waals surface area contributed by atoms with Gasteiger partial charge >= 0.3 is 0 Å². The number of likely N-dealkylation sites (N-methyl/N-ethyl adjacent to an activating group) is 1. The number of aromatic nitrogens is 2. The molecule has 94 valence electrons.